The van der Waals surface area contributed by atoms with E-state index in [0.29, 0.717) is 44.0 Å². The van der Waals surface area contributed by atoms with E-state index in [1.165, 1.54) is 11.8 Å². The van der Waals surface area contributed by atoms with Gasteiger partial charge in [-0.15, -0.1) is 0 Å². The summed E-state index contributed by atoms with van der Waals surface area (Å²) in [6, 6.07) is 20.3. The van der Waals surface area contributed by atoms with Crippen LogP contribution in [0.2, 0.25) is 5.02 Å². The number of nitrogens with zero attached hydrogens (tertiary/aromatic N) is 2. The molecular weight excluding hydrogens is 420 g/mol. The summed E-state index contributed by atoms with van der Waals surface area (Å²) in [4.78, 5) is 18.3. The minimum absolute atomic E-state index is 0.172. The Bertz CT molecular complexity index is 1270. The highest BCUT2D eigenvalue weighted by Gasteiger charge is 2.18. The fourth-order valence-electron chi connectivity index (χ4n) is 3.15. The summed E-state index contributed by atoms with van der Waals surface area (Å²) in [7, 11) is 3.15. The minimum Gasteiger partial charge on any atom is -0.497 e. The second-order valence-electron chi connectivity index (χ2n) is 6.47. The summed E-state index contributed by atoms with van der Waals surface area (Å²) < 4.78 is 12.5. The number of rotatable bonds is 6. The molecule has 30 heavy (non-hydrogen) atoms. The van der Waals surface area contributed by atoms with Crippen LogP contribution in [0.5, 0.6) is 11.5 Å². The van der Waals surface area contributed by atoms with Crippen LogP contribution in [-0.4, -0.2) is 23.8 Å². The van der Waals surface area contributed by atoms with Crippen LogP contribution >= 0.6 is 23.4 Å². The molecule has 0 saturated carbocycles. The van der Waals surface area contributed by atoms with E-state index in [-0.39, 0.29) is 5.56 Å². The van der Waals surface area contributed by atoms with E-state index in [4.69, 9.17) is 26.1 Å². The predicted octanol–water partition coefficient (Wildman–Crippen LogP) is 5.35. The number of halogens is 1. The Balaban J connectivity index is 1.91. The van der Waals surface area contributed by atoms with Crippen molar-refractivity contribution in [3.8, 4) is 17.2 Å². The zero-order chi connectivity index (χ0) is 21.1. The van der Waals surface area contributed by atoms with Crippen molar-refractivity contribution in [3.05, 3.63) is 87.7 Å². The highest BCUT2D eigenvalue weighted by molar-refractivity contribution is 7.98. The average molecular weight is 439 g/mol. The maximum Gasteiger partial charge on any atom is 0.266 e. The number of fused-ring (bicyclic) bond motifs is 1. The molecule has 5 nitrogen and oxygen atoms in total. The van der Waals surface area contributed by atoms with Gasteiger partial charge in [0.2, 0.25) is 0 Å². The van der Waals surface area contributed by atoms with Gasteiger partial charge in [0.05, 0.1) is 30.8 Å². The Morgan fingerprint density at radius 2 is 1.77 bits per heavy atom. The van der Waals surface area contributed by atoms with Crippen molar-refractivity contribution in [2.75, 3.05) is 14.2 Å². The molecule has 0 saturated heterocycles. The van der Waals surface area contributed by atoms with E-state index in [1.54, 1.807) is 43.1 Å². The van der Waals surface area contributed by atoms with E-state index in [1.807, 2.05) is 42.5 Å². The van der Waals surface area contributed by atoms with Crippen LogP contribution in [0.1, 0.15) is 5.56 Å². The number of ether oxygens (including phenoxy) is 2. The Morgan fingerprint density at radius 3 is 2.53 bits per heavy atom. The lowest BCUT2D eigenvalue weighted by atomic mass is 10.2. The molecule has 0 bridgehead atoms. The molecule has 0 fully saturated rings. The highest BCUT2D eigenvalue weighted by Crippen LogP contribution is 2.32. The lowest BCUT2D eigenvalue weighted by Crippen LogP contribution is -2.22. The van der Waals surface area contributed by atoms with E-state index >= 15 is 0 Å². The van der Waals surface area contributed by atoms with E-state index in [9.17, 15) is 4.79 Å². The van der Waals surface area contributed by atoms with Crippen LogP contribution in [-0.2, 0) is 5.75 Å². The normalized spacial score (nSPS) is 10.9. The summed E-state index contributed by atoms with van der Waals surface area (Å²) >= 11 is 7.76. The molecule has 4 aromatic rings. The Hall–Kier alpha value is -2.96. The lowest BCUT2D eigenvalue weighted by Gasteiger charge is -2.17. The van der Waals surface area contributed by atoms with E-state index < -0.39 is 0 Å². The highest BCUT2D eigenvalue weighted by atomic mass is 35.5. The predicted molar refractivity (Wildman–Crippen MR) is 121 cm³/mol. The van der Waals surface area contributed by atoms with Crippen molar-refractivity contribution in [2.45, 2.75) is 10.9 Å². The molecule has 0 unspecified atom stereocenters. The molecule has 4 rings (SSSR count). The van der Waals surface area contributed by atoms with Gasteiger partial charge in [0.25, 0.3) is 5.56 Å². The lowest BCUT2D eigenvalue weighted by molar-refractivity contribution is 0.400. The first-order chi connectivity index (χ1) is 14.6. The zero-order valence-corrected chi connectivity index (χ0v) is 18.0. The van der Waals surface area contributed by atoms with Crippen LogP contribution in [0.3, 0.4) is 0 Å². The largest absolute Gasteiger partial charge is 0.497 e. The summed E-state index contributed by atoms with van der Waals surface area (Å²) in [5.74, 6) is 1.74. The van der Waals surface area contributed by atoms with Gasteiger partial charge in [0, 0.05) is 16.8 Å². The molecule has 152 valence electrons. The van der Waals surface area contributed by atoms with E-state index in [0.717, 1.165) is 5.56 Å². The fourth-order valence-corrected chi connectivity index (χ4v) is 4.44. The number of methoxy groups -OCH3 is 2. The third-order valence-corrected chi connectivity index (χ3v) is 6.04. The molecule has 7 heteroatoms. The van der Waals surface area contributed by atoms with Gasteiger partial charge in [-0.3, -0.25) is 9.36 Å². The van der Waals surface area contributed by atoms with Crippen LogP contribution in [0.25, 0.3) is 16.6 Å². The number of hydrogen-bond acceptors (Lipinski definition) is 5. The molecule has 0 spiro atoms. The monoisotopic (exact) mass is 438 g/mol. The van der Waals surface area contributed by atoms with Crippen LogP contribution in [0, 0.1) is 0 Å². The van der Waals surface area contributed by atoms with Gasteiger partial charge in [0.1, 0.15) is 11.5 Å². The SMILES string of the molecule is COc1ccc(OC)c(-n2c(SCc3ccccc3Cl)nc3ccccc3c2=O)c1. The second-order valence-corrected chi connectivity index (χ2v) is 7.82. The Labute approximate surface area is 183 Å². The standard InChI is InChI=1S/C23H19ClN2O3S/c1-28-16-11-12-21(29-2)20(13-16)26-22(27)17-8-4-6-10-19(17)25-23(26)30-14-15-7-3-5-9-18(15)24/h3-13H,14H2,1-2H3. The third-order valence-electron chi connectivity index (χ3n) is 4.69. The molecule has 0 atom stereocenters. The molecule has 0 aliphatic rings. The molecule has 1 aromatic heterocycles. The quantitative estimate of drug-likeness (QED) is 0.300. The van der Waals surface area contributed by atoms with Gasteiger partial charge >= 0.3 is 0 Å². The summed E-state index contributed by atoms with van der Waals surface area (Å²) in [5.41, 5.74) is 2.01. The molecule has 0 aliphatic carbocycles. The van der Waals surface area contributed by atoms with Gasteiger partial charge in [0.15, 0.2) is 5.16 Å². The van der Waals surface area contributed by atoms with Crippen LogP contribution in [0.4, 0.5) is 0 Å². The van der Waals surface area contributed by atoms with Gasteiger partial charge < -0.3 is 9.47 Å². The van der Waals surface area contributed by atoms with E-state index in [2.05, 4.69) is 0 Å². The van der Waals surface area contributed by atoms with Gasteiger partial charge in [-0.2, -0.15) is 0 Å². The first-order valence-corrected chi connectivity index (χ1v) is 10.6. The number of para-hydroxylation sites is 1. The molecular formula is C23H19ClN2O3S. The van der Waals surface area contributed by atoms with Crippen molar-refractivity contribution in [2.24, 2.45) is 0 Å². The third kappa shape index (κ3) is 3.88. The van der Waals surface area contributed by atoms with Crippen molar-refractivity contribution in [1.29, 1.82) is 0 Å². The van der Waals surface area contributed by atoms with Crippen molar-refractivity contribution < 1.29 is 9.47 Å². The number of benzene rings is 3. The van der Waals surface area contributed by atoms with Crippen LogP contribution < -0.4 is 15.0 Å². The number of thioether (sulfide) groups is 1. The molecule has 0 amide bonds. The molecule has 0 N–H and O–H groups in total. The molecule has 0 radical (unpaired) electrons. The first kappa shape index (κ1) is 20.3. The Morgan fingerprint density at radius 1 is 1.00 bits per heavy atom. The number of aromatic nitrogens is 2. The van der Waals surface area contributed by atoms with Gasteiger partial charge in [-0.25, -0.2) is 4.98 Å². The minimum atomic E-state index is -0.172. The summed E-state index contributed by atoms with van der Waals surface area (Å²) in [6.07, 6.45) is 0. The maximum absolute atomic E-state index is 13.5. The van der Waals surface area contributed by atoms with Crippen molar-refractivity contribution in [3.63, 3.8) is 0 Å². The van der Waals surface area contributed by atoms with Crippen molar-refractivity contribution >= 4 is 34.3 Å². The first-order valence-electron chi connectivity index (χ1n) is 9.22. The fraction of sp³-hybridized carbons (Fsp3) is 0.130. The van der Waals surface area contributed by atoms with Gasteiger partial charge in [-0.1, -0.05) is 53.7 Å². The van der Waals surface area contributed by atoms with Crippen molar-refractivity contribution in [1.82, 2.24) is 9.55 Å². The average Bonchev–Trinajstić information content (AvgIpc) is 2.78. The smallest absolute Gasteiger partial charge is 0.266 e. The summed E-state index contributed by atoms with van der Waals surface area (Å²) in [6.45, 7) is 0. The van der Waals surface area contributed by atoms with Gasteiger partial charge in [-0.05, 0) is 35.9 Å². The molecule has 3 aromatic carbocycles. The maximum atomic E-state index is 13.5. The topological polar surface area (TPSA) is 53.4 Å². The number of hydrogen-bond donors (Lipinski definition) is 0. The summed E-state index contributed by atoms with van der Waals surface area (Å²) in [5, 5.41) is 1.76. The second kappa shape index (κ2) is 8.81. The van der Waals surface area contributed by atoms with Crippen LogP contribution in [0.15, 0.2) is 76.7 Å². The Kier molecular flexibility index (Phi) is 5.97. The zero-order valence-electron chi connectivity index (χ0n) is 16.5. The molecule has 0 aliphatic heterocycles. The molecule has 1 heterocycles.